The van der Waals surface area contributed by atoms with Gasteiger partial charge < -0.3 is 10.1 Å². The number of nitrogens with one attached hydrogen (secondary N) is 2. The SMILES string of the molecule is Cc1ccc2c(-c3[nH]ncc3C(=O)O)c(C)[nH]c2c1. The van der Waals surface area contributed by atoms with Crippen molar-refractivity contribution in [3.8, 4) is 11.3 Å². The van der Waals surface area contributed by atoms with Crippen LogP contribution in [0.1, 0.15) is 21.6 Å². The highest BCUT2D eigenvalue weighted by atomic mass is 16.4. The lowest BCUT2D eigenvalue weighted by molar-refractivity contribution is 0.0698. The molecule has 3 rings (SSSR count). The van der Waals surface area contributed by atoms with E-state index in [1.165, 1.54) is 6.20 Å². The Balaban J connectivity index is 2.33. The summed E-state index contributed by atoms with van der Waals surface area (Å²) in [5.74, 6) is -0.982. The number of nitrogens with zero attached hydrogens (tertiary/aromatic N) is 1. The molecule has 0 aliphatic rings. The van der Waals surface area contributed by atoms with Crippen LogP contribution in [0.25, 0.3) is 22.2 Å². The van der Waals surface area contributed by atoms with E-state index in [4.69, 9.17) is 0 Å². The van der Waals surface area contributed by atoms with Gasteiger partial charge in [0.25, 0.3) is 0 Å². The molecule has 5 nitrogen and oxygen atoms in total. The minimum absolute atomic E-state index is 0.185. The summed E-state index contributed by atoms with van der Waals surface area (Å²) < 4.78 is 0. The van der Waals surface area contributed by atoms with Gasteiger partial charge in [-0.2, -0.15) is 5.10 Å². The number of benzene rings is 1. The van der Waals surface area contributed by atoms with Crippen molar-refractivity contribution in [2.45, 2.75) is 13.8 Å². The maximum absolute atomic E-state index is 11.2. The Hall–Kier alpha value is -2.56. The Labute approximate surface area is 109 Å². The molecular formula is C14H13N3O2. The first-order valence-electron chi connectivity index (χ1n) is 5.94. The number of carboxylic acids is 1. The third kappa shape index (κ3) is 1.71. The largest absolute Gasteiger partial charge is 0.478 e. The highest BCUT2D eigenvalue weighted by Gasteiger charge is 2.19. The van der Waals surface area contributed by atoms with Gasteiger partial charge in [-0.25, -0.2) is 4.79 Å². The standard InChI is InChI=1S/C14H13N3O2/c1-7-3-4-9-11(5-7)16-8(2)12(9)13-10(14(18)19)6-15-17-13/h3-6,16H,1-2H3,(H,15,17)(H,18,19). The summed E-state index contributed by atoms with van der Waals surface area (Å²) >= 11 is 0. The Bertz CT molecular complexity index is 783. The molecule has 0 saturated carbocycles. The molecule has 0 amide bonds. The monoisotopic (exact) mass is 255 g/mol. The number of fused-ring (bicyclic) bond motifs is 1. The van der Waals surface area contributed by atoms with Crippen LogP contribution >= 0.6 is 0 Å². The molecule has 0 atom stereocenters. The molecular weight excluding hydrogens is 242 g/mol. The summed E-state index contributed by atoms with van der Waals surface area (Å²) in [6, 6.07) is 6.05. The lowest BCUT2D eigenvalue weighted by atomic mass is 10.0. The first-order chi connectivity index (χ1) is 9.08. The smallest absolute Gasteiger partial charge is 0.339 e. The Morgan fingerprint density at radius 1 is 1.32 bits per heavy atom. The van der Waals surface area contributed by atoms with Gasteiger partial charge in [0, 0.05) is 22.2 Å². The van der Waals surface area contributed by atoms with Gasteiger partial charge in [0.2, 0.25) is 0 Å². The Morgan fingerprint density at radius 3 is 2.84 bits per heavy atom. The number of aromatic carboxylic acids is 1. The summed E-state index contributed by atoms with van der Waals surface area (Å²) in [5.41, 5.74) is 4.67. The van der Waals surface area contributed by atoms with E-state index in [0.717, 1.165) is 27.7 Å². The van der Waals surface area contributed by atoms with E-state index < -0.39 is 5.97 Å². The lowest BCUT2D eigenvalue weighted by Crippen LogP contribution is -1.97. The van der Waals surface area contributed by atoms with Crippen molar-refractivity contribution in [3.05, 3.63) is 41.2 Å². The van der Waals surface area contributed by atoms with Gasteiger partial charge in [-0.1, -0.05) is 12.1 Å². The van der Waals surface area contributed by atoms with Crippen molar-refractivity contribution in [1.82, 2.24) is 15.2 Å². The molecule has 0 radical (unpaired) electrons. The number of H-pyrrole nitrogens is 2. The van der Waals surface area contributed by atoms with Crippen LogP contribution in [-0.4, -0.2) is 26.3 Å². The predicted octanol–water partition coefficient (Wildman–Crippen LogP) is 2.87. The van der Waals surface area contributed by atoms with Gasteiger partial charge >= 0.3 is 5.97 Å². The molecule has 3 aromatic rings. The third-order valence-corrected chi connectivity index (χ3v) is 3.26. The highest BCUT2D eigenvalue weighted by Crippen LogP contribution is 2.33. The molecule has 2 aromatic heterocycles. The molecule has 0 bridgehead atoms. The van der Waals surface area contributed by atoms with Crippen molar-refractivity contribution in [2.24, 2.45) is 0 Å². The van der Waals surface area contributed by atoms with Gasteiger partial charge in [-0.3, -0.25) is 5.10 Å². The molecule has 0 saturated heterocycles. The van der Waals surface area contributed by atoms with Crippen LogP contribution in [0.4, 0.5) is 0 Å². The van der Waals surface area contributed by atoms with Crippen LogP contribution in [0.2, 0.25) is 0 Å². The Kier molecular flexibility index (Phi) is 2.41. The summed E-state index contributed by atoms with van der Waals surface area (Å²) in [7, 11) is 0. The van der Waals surface area contributed by atoms with E-state index in [-0.39, 0.29) is 5.56 Å². The lowest BCUT2D eigenvalue weighted by Gasteiger charge is -2.00. The zero-order chi connectivity index (χ0) is 13.6. The molecule has 0 spiro atoms. The van der Waals surface area contributed by atoms with Crippen LogP contribution in [0, 0.1) is 13.8 Å². The van der Waals surface area contributed by atoms with Crippen LogP contribution in [-0.2, 0) is 0 Å². The van der Waals surface area contributed by atoms with E-state index in [0.29, 0.717) is 5.69 Å². The normalized spacial score (nSPS) is 11.1. The molecule has 3 N–H and O–H groups in total. The first-order valence-corrected chi connectivity index (χ1v) is 5.94. The van der Waals surface area contributed by atoms with Crippen molar-refractivity contribution < 1.29 is 9.90 Å². The minimum Gasteiger partial charge on any atom is -0.478 e. The van der Waals surface area contributed by atoms with Crippen LogP contribution in [0.15, 0.2) is 24.4 Å². The van der Waals surface area contributed by atoms with E-state index >= 15 is 0 Å². The molecule has 0 unspecified atom stereocenters. The Morgan fingerprint density at radius 2 is 2.11 bits per heavy atom. The zero-order valence-electron chi connectivity index (χ0n) is 10.6. The minimum atomic E-state index is -0.982. The fourth-order valence-corrected chi connectivity index (χ4v) is 2.41. The quantitative estimate of drug-likeness (QED) is 0.658. The summed E-state index contributed by atoms with van der Waals surface area (Å²) in [6.45, 7) is 3.95. The highest BCUT2D eigenvalue weighted by molar-refractivity contribution is 6.03. The van der Waals surface area contributed by atoms with Crippen LogP contribution < -0.4 is 0 Å². The van der Waals surface area contributed by atoms with Crippen LogP contribution in [0.3, 0.4) is 0 Å². The van der Waals surface area contributed by atoms with Crippen molar-refractivity contribution in [3.63, 3.8) is 0 Å². The number of aromatic nitrogens is 3. The second-order valence-electron chi connectivity index (χ2n) is 4.64. The van der Waals surface area contributed by atoms with E-state index in [1.54, 1.807) is 0 Å². The number of aryl methyl sites for hydroxylation is 2. The van der Waals surface area contributed by atoms with Gasteiger partial charge in [0.15, 0.2) is 0 Å². The average Bonchev–Trinajstić information content (AvgIpc) is 2.91. The van der Waals surface area contributed by atoms with E-state index in [2.05, 4.69) is 15.2 Å². The predicted molar refractivity (Wildman–Crippen MR) is 72.3 cm³/mol. The number of hydrogen-bond acceptors (Lipinski definition) is 2. The molecule has 0 aliphatic carbocycles. The molecule has 1 aromatic carbocycles. The van der Waals surface area contributed by atoms with Crippen LogP contribution in [0.5, 0.6) is 0 Å². The topological polar surface area (TPSA) is 81.8 Å². The second kappa shape index (κ2) is 3.98. The zero-order valence-corrected chi connectivity index (χ0v) is 10.6. The fraction of sp³-hybridized carbons (Fsp3) is 0.143. The van der Waals surface area contributed by atoms with E-state index in [1.807, 2.05) is 32.0 Å². The van der Waals surface area contributed by atoms with Crippen molar-refractivity contribution >= 4 is 16.9 Å². The molecule has 19 heavy (non-hydrogen) atoms. The van der Waals surface area contributed by atoms with Crippen molar-refractivity contribution in [1.29, 1.82) is 0 Å². The first kappa shape index (κ1) is 11.5. The van der Waals surface area contributed by atoms with Gasteiger partial charge in [-0.15, -0.1) is 0 Å². The average molecular weight is 255 g/mol. The number of rotatable bonds is 2. The molecule has 2 heterocycles. The fourth-order valence-electron chi connectivity index (χ4n) is 2.41. The molecule has 96 valence electrons. The summed E-state index contributed by atoms with van der Waals surface area (Å²) in [6.07, 6.45) is 1.34. The molecule has 0 aliphatic heterocycles. The third-order valence-electron chi connectivity index (χ3n) is 3.26. The maximum atomic E-state index is 11.2. The number of carboxylic acid groups (broad SMARTS) is 1. The summed E-state index contributed by atoms with van der Waals surface area (Å²) in [5, 5.41) is 16.8. The van der Waals surface area contributed by atoms with Crippen molar-refractivity contribution in [2.75, 3.05) is 0 Å². The number of carbonyl (C=O) groups is 1. The van der Waals surface area contributed by atoms with Gasteiger partial charge in [-0.05, 0) is 25.5 Å². The van der Waals surface area contributed by atoms with Gasteiger partial charge in [0.05, 0.1) is 11.9 Å². The second-order valence-corrected chi connectivity index (χ2v) is 4.64. The number of aromatic amines is 2. The molecule has 0 fully saturated rings. The summed E-state index contributed by atoms with van der Waals surface area (Å²) in [4.78, 5) is 14.5. The maximum Gasteiger partial charge on any atom is 0.339 e. The van der Waals surface area contributed by atoms with Gasteiger partial charge in [0.1, 0.15) is 5.56 Å². The number of hydrogen-bond donors (Lipinski definition) is 3. The van der Waals surface area contributed by atoms with E-state index in [9.17, 15) is 9.90 Å². The molecule has 5 heteroatoms.